The molecular weight excluding hydrogens is 291 g/mol. The van der Waals surface area contributed by atoms with Crippen LogP contribution in [0.3, 0.4) is 0 Å². The first-order valence-electron chi connectivity index (χ1n) is 6.45. The van der Waals surface area contributed by atoms with E-state index in [2.05, 4.69) is 10.0 Å². The average Bonchev–Trinajstić information content (AvgIpc) is 2.48. The Bertz CT molecular complexity index is 728. The lowest BCUT2D eigenvalue weighted by atomic mass is 10.2. The molecule has 0 bridgehead atoms. The first-order chi connectivity index (χ1) is 9.92. The normalized spacial score (nSPS) is 11.4. The fraction of sp³-hybridized carbons (Fsp3) is 0.200. The molecular formula is C15H17FN2O2S. The molecule has 2 rings (SSSR count). The summed E-state index contributed by atoms with van der Waals surface area (Å²) >= 11 is 0. The van der Waals surface area contributed by atoms with Gasteiger partial charge in [0.2, 0.25) is 10.0 Å². The minimum atomic E-state index is -3.47. The van der Waals surface area contributed by atoms with Crippen molar-refractivity contribution in [3.05, 3.63) is 59.4 Å². The number of hydrogen-bond acceptors (Lipinski definition) is 3. The Balaban J connectivity index is 2.20. The zero-order chi connectivity index (χ0) is 15.5. The van der Waals surface area contributed by atoms with Gasteiger partial charge >= 0.3 is 0 Å². The summed E-state index contributed by atoms with van der Waals surface area (Å²) in [7, 11) is -2.09. The molecule has 0 atom stereocenters. The molecule has 0 saturated carbocycles. The van der Waals surface area contributed by atoms with Crippen LogP contribution in [0.25, 0.3) is 0 Å². The van der Waals surface area contributed by atoms with Gasteiger partial charge in [-0.05, 0) is 49.4 Å². The number of sulfonamides is 1. The van der Waals surface area contributed by atoms with E-state index in [1.807, 2.05) is 6.92 Å². The third-order valence-corrected chi connectivity index (χ3v) is 4.60. The van der Waals surface area contributed by atoms with Crippen LogP contribution in [0.1, 0.15) is 11.1 Å². The molecule has 0 amide bonds. The predicted molar refractivity (Wildman–Crippen MR) is 81.2 cm³/mol. The zero-order valence-corrected chi connectivity index (χ0v) is 12.7. The lowest BCUT2D eigenvalue weighted by Gasteiger charge is -2.12. The second-order valence-electron chi connectivity index (χ2n) is 4.66. The maximum atomic E-state index is 12.8. The van der Waals surface area contributed by atoms with Crippen LogP contribution in [0.2, 0.25) is 0 Å². The molecule has 2 N–H and O–H groups in total. The standard InChI is InChI=1S/C15H17FN2O2S/c1-11-3-8-14(21(19,20)17-2)9-15(11)18-10-12-4-6-13(16)7-5-12/h3-9,17-18H,10H2,1-2H3. The maximum Gasteiger partial charge on any atom is 0.240 e. The van der Waals surface area contributed by atoms with Gasteiger partial charge in [0.15, 0.2) is 0 Å². The van der Waals surface area contributed by atoms with Crippen LogP contribution < -0.4 is 10.0 Å². The predicted octanol–water partition coefficient (Wildman–Crippen LogP) is 2.65. The number of nitrogens with one attached hydrogen (secondary N) is 2. The highest BCUT2D eigenvalue weighted by molar-refractivity contribution is 7.89. The summed E-state index contributed by atoms with van der Waals surface area (Å²) in [4.78, 5) is 0.206. The number of rotatable bonds is 5. The van der Waals surface area contributed by atoms with E-state index in [4.69, 9.17) is 0 Å². The maximum absolute atomic E-state index is 12.8. The van der Waals surface area contributed by atoms with E-state index >= 15 is 0 Å². The molecule has 0 spiro atoms. The van der Waals surface area contributed by atoms with Crippen LogP contribution in [-0.4, -0.2) is 15.5 Å². The molecule has 0 fully saturated rings. The highest BCUT2D eigenvalue weighted by Gasteiger charge is 2.12. The Labute approximate surface area is 124 Å². The van der Waals surface area contributed by atoms with E-state index in [9.17, 15) is 12.8 Å². The van der Waals surface area contributed by atoms with Gasteiger partial charge in [-0.15, -0.1) is 0 Å². The fourth-order valence-electron chi connectivity index (χ4n) is 1.88. The van der Waals surface area contributed by atoms with Crippen molar-refractivity contribution in [3.8, 4) is 0 Å². The molecule has 4 nitrogen and oxygen atoms in total. The van der Waals surface area contributed by atoms with Gasteiger partial charge in [0.05, 0.1) is 4.90 Å². The summed E-state index contributed by atoms with van der Waals surface area (Å²) in [6, 6.07) is 11.1. The summed E-state index contributed by atoms with van der Waals surface area (Å²) in [6.07, 6.45) is 0. The van der Waals surface area contributed by atoms with Gasteiger partial charge in [-0.25, -0.2) is 17.5 Å². The first kappa shape index (κ1) is 15.5. The van der Waals surface area contributed by atoms with Crippen molar-refractivity contribution in [2.75, 3.05) is 12.4 Å². The van der Waals surface area contributed by atoms with Crippen LogP contribution in [-0.2, 0) is 16.6 Å². The first-order valence-corrected chi connectivity index (χ1v) is 7.93. The summed E-state index contributed by atoms with van der Waals surface area (Å²) < 4.78 is 38.7. The number of aryl methyl sites for hydroxylation is 1. The number of anilines is 1. The van der Waals surface area contributed by atoms with Crippen LogP contribution >= 0.6 is 0 Å². The minimum absolute atomic E-state index is 0.206. The Morgan fingerprint density at radius 3 is 2.38 bits per heavy atom. The summed E-state index contributed by atoms with van der Waals surface area (Å²) in [5.41, 5.74) is 2.58. The van der Waals surface area contributed by atoms with Crippen LogP contribution in [0.5, 0.6) is 0 Å². The lowest BCUT2D eigenvalue weighted by molar-refractivity contribution is 0.588. The topological polar surface area (TPSA) is 58.2 Å². The fourth-order valence-corrected chi connectivity index (χ4v) is 2.63. The highest BCUT2D eigenvalue weighted by atomic mass is 32.2. The number of halogens is 1. The third-order valence-electron chi connectivity index (χ3n) is 3.18. The van der Waals surface area contributed by atoms with Gasteiger partial charge in [0.25, 0.3) is 0 Å². The monoisotopic (exact) mass is 308 g/mol. The van der Waals surface area contributed by atoms with Gasteiger partial charge in [-0.1, -0.05) is 18.2 Å². The minimum Gasteiger partial charge on any atom is -0.381 e. The van der Waals surface area contributed by atoms with Gasteiger partial charge in [-0.2, -0.15) is 0 Å². The van der Waals surface area contributed by atoms with Crippen LogP contribution in [0.15, 0.2) is 47.4 Å². The molecule has 21 heavy (non-hydrogen) atoms. The summed E-state index contributed by atoms with van der Waals surface area (Å²) in [5, 5.41) is 3.17. The largest absolute Gasteiger partial charge is 0.381 e. The number of benzene rings is 2. The van der Waals surface area contributed by atoms with Gasteiger partial charge in [0, 0.05) is 12.2 Å². The van der Waals surface area contributed by atoms with Gasteiger partial charge in [-0.3, -0.25) is 0 Å². The van der Waals surface area contributed by atoms with Gasteiger partial charge in [0.1, 0.15) is 5.82 Å². The van der Waals surface area contributed by atoms with Crippen molar-refractivity contribution in [2.45, 2.75) is 18.4 Å². The lowest BCUT2D eigenvalue weighted by Crippen LogP contribution is -2.18. The molecule has 0 aliphatic heterocycles. The van der Waals surface area contributed by atoms with Crippen molar-refractivity contribution in [1.82, 2.24) is 4.72 Å². The van der Waals surface area contributed by atoms with E-state index in [1.54, 1.807) is 30.3 Å². The Kier molecular flexibility index (Phi) is 4.59. The van der Waals surface area contributed by atoms with E-state index in [-0.39, 0.29) is 10.7 Å². The summed E-state index contributed by atoms with van der Waals surface area (Å²) in [6.45, 7) is 2.38. The van der Waals surface area contributed by atoms with Gasteiger partial charge < -0.3 is 5.32 Å². The summed E-state index contributed by atoms with van der Waals surface area (Å²) in [5.74, 6) is -0.281. The second kappa shape index (κ2) is 6.24. The van der Waals surface area contributed by atoms with Crippen LogP contribution in [0.4, 0.5) is 10.1 Å². The van der Waals surface area contributed by atoms with Crippen molar-refractivity contribution in [2.24, 2.45) is 0 Å². The molecule has 0 radical (unpaired) electrons. The van der Waals surface area contributed by atoms with E-state index in [0.717, 1.165) is 16.8 Å². The molecule has 6 heteroatoms. The average molecular weight is 308 g/mol. The van der Waals surface area contributed by atoms with E-state index in [1.165, 1.54) is 19.2 Å². The smallest absolute Gasteiger partial charge is 0.240 e. The number of hydrogen-bond donors (Lipinski definition) is 2. The van der Waals surface area contributed by atoms with Crippen LogP contribution in [0, 0.1) is 12.7 Å². The Morgan fingerprint density at radius 2 is 1.76 bits per heavy atom. The molecule has 0 aliphatic rings. The van der Waals surface area contributed by atoms with Crippen molar-refractivity contribution < 1.29 is 12.8 Å². The van der Waals surface area contributed by atoms with Crippen molar-refractivity contribution in [1.29, 1.82) is 0 Å². The molecule has 2 aromatic carbocycles. The SMILES string of the molecule is CNS(=O)(=O)c1ccc(C)c(NCc2ccc(F)cc2)c1. The van der Waals surface area contributed by atoms with E-state index in [0.29, 0.717) is 6.54 Å². The third kappa shape index (κ3) is 3.80. The molecule has 0 aromatic heterocycles. The Hall–Kier alpha value is -1.92. The quantitative estimate of drug-likeness (QED) is 0.893. The molecule has 0 heterocycles. The molecule has 0 unspecified atom stereocenters. The van der Waals surface area contributed by atoms with Crippen molar-refractivity contribution >= 4 is 15.7 Å². The molecule has 112 valence electrons. The van der Waals surface area contributed by atoms with Crippen molar-refractivity contribution in [3.63, 3.8) is 0 Å². The Morgan fingerprint density at radius 1 is 1.10 bits per heavy atom. The molecule has 0 saturated heterocycles. The second-order valence-corrected chi connectivity index (χ2v) is 6.55. The highest BCUT2D eigenvalue weighted by Crippen LogP contribution is 2.20. The molecule has 2 aromatic rings. The molecule has 0 aliphatic carbocycles. The van der Waals surface area contributed by atoms with E-state index < -0.39 is 10.0 Å². The zero-order valence-electron chi connectivity index (χ0n) is 11.9.